The third-order valence-electron chi connectivity index (χ3n) is 6.14. The van der Waals surface area contributed by atoms with Crippen LogP contribution in [0.15, 0.2) is 12.2 Å². The van der Waals surface area contributed by atoms with Gasteiger partial charge in [-0.05, 0) is 75.0 Å². The van der Waals surface area contributed by atoms with E-state index in [1.165, 1.54) is 77.0 Å². The van der Waals surface area contributed by atoms with Crippen molar-refractivity contribution in [3.05, 3.63) is 12.2 Å². The maximum absolute atomic E-state index is 4.54. The zero-order valence-corrected chi connectivity index (χ0v) is 14.0. The first-order valence-electron chi connectivity index (χ1n) is 9.43. The first-order chi connectivity index (χ1) is 9.74. The Balaban J connectivity index is 1.73. The molecule has 0 nitrogen and oxygen atoms in total. The monoisotopic (exact) mass is 276 g/mol. The zero-order chi connectivity index (χ0) is 14.4. The summed E-state index contributed by atoms with van der Waals surface area (Å²) in [5.74, 6) is 3.81. The molecular formula is C20H36. The highest BCUT2D eigenvalue weighted by Gasteiger charge is 2.29. The van der Waals surface area contributed by atoms with E-state index in [4.69, 9.17) is 0 Å². The second kappa shape index (κ2) is 8.25. The lowest BCUT2D eigenvalue weighted by Crippen LogP contribution is -2.23. The number of hydrogen-bond acceptors (Lipinski definition) is 0. The fraction of sp³-hybridized carbons (Fsp3) is 0.900. The molecule has 0 aromatic heterocycles. The molecular weight excluding hydrogens is 240 g/mol. The molecule has 0 atom stereocenters. The highest BCUT2D eigenvalue weighted by Crippen LogP contribution is 2.42. The van der Waals surface area contributed by atoms with Crippen molar-refractivity contribution in [1.29, 1.82) is 0 Å². The Morgan fingerprint density at radius 3 is 1.35 bits per heavy atom. The van der Waals surface area contributed by atoms with E-state index in [1.807, 2.05) is 0 Å². The van der Waals surface area contributed by atoms with Gasteiger partial charge in [0.05, 0.1) is 0 Å². The lowest BCUT2D eigenvalue weighted by Gasteiger charge is -2.36. The van der Waals surface area contributed by atoms with E-state index in [9.17, 15) is 0 Å². The summed E-state index contributed by atoms with van der Waals surface area (Å²) in [6.45, 7) is 9.21. The van der Waals surface area contributed by atoms with Crippen LogP contribution in [0.1, 0.15) is 90.9 Å². The second-order valence-corrected chi connectivity index (χ2v) is 7.59. The lowest BCUT2D eigenvalue weighted by atomic mass is 9.70. The largest absolute Gasteiger partial charge is 0.0993 e. The third-order valence-corrected chi connectivity index (χ3v) is 6.14. The molecule has 2 fully saturated rings. The SMILES string of the molecule is C=C(C1CCC(CCC)CC1)C1CCC(CCC)CC1. The summed E-state index contributed by atoms with van der Waals surface area (Å²) in [6.07, 6.45) is 17.3. The molecule has 0 aliphatic heterocycles. The topological polar surface area (TPSA) is 0 Å². The van der Waals surface area contributed by atoms with E-state index >= 15 is 0 Å². The number of rotatable bonds is 6. The Morgan fingerprint density at radius 2 is 1.05 bits per heavy atom. The van der Waals surface area contributed by atoms with Gasteiger partial charge in [0.15, 0.2) is 0 Å². The minimum Gasteiger partial charge on any atom is -0.0993 e. The molecule has 2 saturated carbocycles. The van der Waals surface area contributed by atoms with Crippen molar-refractivity contribution in [1.82, 2.24) is 0 Å². The van der Waals surface area contributed by atoms with Gasteiger partial charge < -0.3 is 0 Å². The van der Waals surface area contributed by atoms with Gasteiger partial charge >= 0.3 is 0 Å². The Hall–Kier alpha value is -0.260. The van der Waals surface area contributed by atoms with Crippen LogP contribution >= 0.6 is 0 Å². The van der Waals surface area contributed by atoms with Gasteiger partial charge in [0, 0.05) is 0 Å². The Morgan fingerprint density at radius 1 is 0.700 bits per heavy atom. The zero-order valence-electron chi connectivity index (χ0n) is 14.0. The minimum absolute atomic E-state index is 0.871. The predicted octanol–water partition coefficient (Wildman–Crippen LogP) is 6.76. The Kier molecular flexibility index (Phi) is 6.65. The van der Waals surface area contributed by atoms with Crippen molar-refractivity contribution in [3.8, 4) is 0 Å². The molecule has 0 spiro atoms. The molecule has 0 aromatic rings. The summed E-state index contributed by atoms with van der Waals surface area (Å²) in [7, 11) is 0. The molecule has 0 unspecified atom stereocenters. The molecule has 0 heteroatoms. The van der Waals surface area contributed by atoms with E-state index in [0.717, 1.165) is 23.7 Å². The van der Waals surface area contributed by atoms with Gasteiger partial charge in [-0.1, -0.05) is 51.7 Å². The maximum atomic E-state index is 4.54. The lowest BCUT2D eigenvalue weighted by molar-refractivity contribution is 0.240. The minimum atomic E-state index is 0.871. The fourth-order valence-corrected chi connectivity index (χ4v) is 4.79. The summed E-state index contributed by atoms with van der Waals surface area (Å²) in [4.78, 5) is 0. The normalized spacial score (nSPS) is 34.9. The van der Waals surface area contributed by atoms with E-state index in [0.29, 0.717) is 0 Å². The molecule has 0 aromatic carbocycles. The van der Waals surface area contributed by atoms with Crippen molar-refractivity contribution < 1.29 is 0 Å². The van der Waals surface area contributed by atoms with Crippen molar-refractivity contribution in [2.45, 2.75) is 90.9 Å². The van der Waals surface area contributed by atoms with Gasteiger partial charge in [-0.25, -0.2) is 0 Å². The van der Waals surface area contributed by atoms with E-state index in [2.05, 4.69) is 20.4 Å². The van der Waals surface area contributed by atoms with Gasteiger partial charge in [-0.3, -0.25) is 0 Å². The van der Waals surface area contributed by atoms with E-state index in [-0.39, 0.29) is 0 Å². The number of hydrogen-bond donors (Lipinski definition) is 0. The van der Waals surface area contributed by atoms with Gasteiger partial charge in [0.2, 0.25) is 0 Å². The van der Waals surface area contributed by atoms with Crippen LogP contribution in [-0.4, -0.2) is 0 Å². The van der Waals surface area contributed by atoms with Crippen LogP contribution in [0, 0.1) is 23.7 Å². The first-order valence-corrected chi connectivity index (χ1v) is 9.43. The van der Waals surface area contributed by atoms with E-state index < -0.39 is 0 Å². The van der Waals surface area contributed by atoms with Crippen molar-refractivity contribution in [2.24, 2.45) is 23.7 Å². The van der Waals surface area contributed by atoms with Crippen LogP contribution in [0.3, 0.4) is 0 Å². The summed E-state index contributed by atoms with van der Waals surface area (Å²) < 4.78 is 0. The summed E-state index contributed by atoms with van der Waals surface area (Å²) >= 11 is 0. The fourth-order valence-electron chi connectivity index (χ4n) is 4.79. The molecule has 2 rings (SSSR count). The second-order valence-electron chi connectivity index (χ2n) is 7.59. The maximum Gasteiger partial charge on any atom is -0.0203 e. The standard InChI is InChI=1S/C20H36/c1-4-6-17-8-12-19(13-9-17)16(3)20-14-10-18(7-5-2)11-15-20/h17-20H,3-15H2,1-2H3. The first kappa shape index (κ1) is 16.1. The smallest absolute Gasteiger partial charge is 0.0203 e. The Labute approximate surface area is 127 Å². The van der Waals surface area contributed by atoms with Crippen LogP contribution in [0.5, 0.6) is 0 Å². The molecule has 2 aliphatic carbocycles. The molecule has 20 heavy (non-hydrogen) atoms. The van der Waals surface area contributed by atoms with Crippen LogP contribution in [0.2, 0.25) is 0 Å². The van der Waals surface area contributed by atoms with Crippen LogP contribution in [0.25, 0.3) is 0 Å². The van der Waals surface area contributed by atoms with Crippen LogP contribution in [-0.2, 0) is 0 Å². The summed E-state index contributed by atoms with van der Waals surface area (Å²) in [5.41, 5.74) is 1.65. The van der Waals surface area contributed by atoms with Crippen molar-refractivity contribution in [3.63, 3.8) is 0 Å². The third kappa shape index (κ3) is 4.37. The van der Waals surface area contributed by atoms with Crippen molar-refractivity contribution >= 4 is 0 Å². The quantitative estimate of drug-likeness (QED) is 0.470. The molecule has 0 radical (unpaired) electrons. The molecule has 0 amide bonds. The average molecular weight is 277 g/mol. The van der Waals surface area contributed by atoms with Gasteiger partial charge in [0.1, 0.15) is 0 Å². The molecule has 0 saturated heterocycles. The van der Waals surface area contributed by atoms with Gasteiger partial charge in [-0.2, -0.15) is 0 Å². The average Bonchev–Trinajstić information content (AvgIpc) is 2.49. The summed E-state index contributed by atoms with van der Waals surface area (Å²) in [5, 5.41) is 0. The van der Waals surface area contributed by atoms with Gasteiger partial charge in [-0.15, -0.1) is 0 Å². The highest BCUT2D eigenvalue weighted by atomic mass is 14.3. The molecule has 0 heterocycles. The predicted molar refractivity (Wildman–Crippen MR) is 89.9 cm³/mol. The van der Waals surface area contributed by atoms with E-state index in [1.54, 1.807) is 5.57 Å². The molecule has 0 N–H and O–H groups in total. The molecule has 0 bridgehead atoms. The van der Waals surface area contributed by atoms with Crippen LogP contribution < -0.4 is 0 Å². The van der Waals surface area contributed by atoms with Crippen LogP contribution in [0.4, 0.5) is 0 Å². The van der Waals surface area contributed by atoms with Gasteiger partial charge in [0.25, 0.3) is 0 Å². The molecule has 2 aliphatic rings. The highest BCUT2D eigenvalue weighted by molar-refractivity contribution is 5.08. The number of allylic oxidation sites excluding steroid dienone is 1. The molecule has 116 valence electrons. The van der Waals surface area contributed by atoms with Crippen molar-refractivity contribution in [2.75, 3.05) is 0 Å². The Bertz CT molecular complexity index is 246. The summed E-state index contributed by atoms with van der Waals surface area (Å²) in [6, 6.07) is 0.